The summed E-state index contributed by atoms with van der Waals surface area (Å²) in [6, 6.07) is 6.05. The maximum Gasteiger partial charge on any atom is 0.234 e. The second-order valence-corrected chi connectivity index (χ2v) is 6.52. The SMILES string of the molecule is Cc1cc(C2CCC(=O)NC2=O)ccc1C1CNCCC1C=O. The van der Waals surface area contributed by atoms with Gasteiger partial charge in [-0.05, 0) is 43.0 Å². The van der Waals surface area contributed by atoms with Gasteiger partial charge in [0, 0.05) is 24.8 Å². The summed E-state index contributed by atoms with van der Waals surface area (Å²) >= 11 is 0. The Labute approximate surface area is 135 Å². The van der Waals surface area contributed by atoms with Crippen molar-refractivity contribution in [1.82, 2.24) is 10.6 Å². The third-order valence-corrected chi connectivity index (χ3v) is 5.05. The molecule has 23 heavy (non-hydrogen) atoms. The van der Waals surface area contributed by atoms with E-state index in [1.807, 2.05) is 25.1 Å². The molecule has 1 aromatic rings. The summed E-state index contributed by atoms with van der Waals surface area (Å²) in [6.45, 7) is 3.72. The van der Waals surface area contributed by atoms with Crippen molar-refractivity contribution in [2.75, 3.05) is 13.1 Å². The normalized spacial score (nSPS) is 28.3. The van der Waals surface area contributed by atoms with Crippen LogP contribution in [-0.2, 0) is 14.4 Å². The zero-order valence-corrected chi connectivity index (χ0v) is 13.3. The van der Waals surface area contributed by atoms with Crippen molar-refractivity contribution >= 4 is 18.1 Å². The van der Waals surface area contributed by atoms with E-state index in [9.17, 15) is 14.4 Å². The first kappa shape index (κ1) is 15.9. The Kier molecular flexibility index (Phi) is 4.57. The van der Waals surface area contributed by atoms with Crippen LogP contribution < -0.4 is 10.6 Å². The number of carbonyl (C=O) groups is 3. The maximum absolute atomic E-state index is 12.0. The minimum absolute atomic E-state index is 0.0522. The Hall–Kier alpha value is -2.01. The van der Waals surface area contributed by atoms with Crippen LogP contribution in [0.1, 0.15) is 47.8 Å². The van der Waals surface area contributed by atoms with Crippen molar-refractivity contribution in [3.8, 4) is 0 Å². The molecule has 3 rings (SSSR count). The van der Waals surface area contributed by atoms with Gasteiger partial charge >= 0.3 is 0 Å². The van der Waals surface area contributed by atoms with Gasteiger partial charge in [0.2, 0.25) is 11.8 Å². The van der Waals surface area contributed by atoms with E-state index in [-0.39, 0.29) is 29.6 Å². The standard InChI is InChI=1S/C18H22N2O3/c1-11-8-12(15-4-5-17(22)20-18(15)23)2-3-14(11)16-9-19-7-6-13(16)10-21/h2-3,8,10,13,15-16,19H,4-7,9H2,1H3,(H,20,22,23). The number of benzene rings is 1. The molecular weight excluding hydrogens is 292 g/mol. The molecule has 2 N–H and O–H groups in total. The van der Waals surface area contributed by atoms with Crippen LogP contribution in [0.2, 0.25) is 0 Å². The molecule has 5 heteroatoms. The summed E-state index contributed by atoms with van der Waals surface area (Å²) < 4.78 is 0. The van der Waals surface area contributed by atoms with Crippen LogP contribution in [0.25, 0.3) is 0 Å². The molecule has 2 heterocycles. The van der Waals surface area contributed by atoms with E-state index in [1.54, 1.807) is 0 Å². The Morgan fingerprint density at radius 1 is 1.22 bits per heavy atom. The highest BCUT2D eigenvalue weighted by Gasteiger charge is 2.30. The fourth-order valence-electron chi connectivity index (χ4n) is 3.73. The molecule has 0 bridgehead atoms. The molecule has 2 aliphatic rings. The lowest BCUT2D eigenvalue weighted by atomic mass is 9.79. The smallest absolute Gasteiger partial charge is 0.234 e. The van der Waals surface area contributed by atoms with E-state index < -0.39 is 0 Å². The number of hydrogen-bond donors (Lipinski definition) is 2. The number of imide groups is 1. The molecule has 0 radical (unpaired) electrons. The number of nitrogens with one attached hydrogen (secondary N) is 2. The number of rotatable bonds is 3. The third-order valence-electron chi connectivity index (χ3n) is 5.05. The third kappa shape index (κ3) is 3.20. The first-order valence-electron chi connectivity index (χ1n) is 8.20. The first-order valence-corrected chi connectivity index (χ1v) is 8.20. The number of aldehydes is 1. The van der Waals surface area contributed by atoms with Crippen LogP contribution in [0.4, 0.5) is 0 Å². The van der Waals surface area contributed by atoms with E-state index >= 15 is 0 Å². The molecule has 0 aromatic heterocycles. The van der Waals surface area contributed by atoms with Crippen molar-refractivity contribution in [3.63, 3.8) is 0 Å². The molecule has 2 aliphatic heterocycles. The van der Waals surface area contributed by atoms with Crippen molar-refractivity contribution in [2.45, 2.75) is 38.0 Å². The molecule has 3 unspecified atom stereocenters. The monoisotopic (exact) mass is 314 g/mol. The minimum Gasteiger partial charge on any atom is -0.316 e. The summed E-state index contributed by atoms with van der Waals surface area (Å²) in [5, 5.41) is 5.76. The maximum atomic E-state index is 12.0. The lowest BCUT2D eigenvalue weighted by Gasteiger charge is -2.30. The summed E-state index contributed by atoms with van der Waals surface area (Å²) in [5.74, 6) is -0.416. The van der Waals surface area contributed by atoms with Crippen LogP contribution in [0, 0.1) is 12.8 Å². The van der Waals surface area contributed by atoms with E-state index in [0.29, 0.717) is 12.8 Å². The van der Waals surface area contributed by atoms with Gasteiger partial charge in [-0.1, -0.05) is 18.2 Å². The van der Waals surface area contributed by atoms with Gasteiger partial charge in [0.25, 0.3) is 0 Å². The minimum atomic E-state index is -0.258. The van der Waals surface area contributed by atoms with Gasteiger partial charge in [0.05, 0.1) is 5.92 Å². The molecule has 5 nitrogen and oxygen atoms in total. The van der Waals surface area contributed by atoms with Crippen LogP contribution in [-0.4, -0.2) is 31.2 Å². The molecule has 2 fully saturated rings. The highest BCUT2D eigenvalue weighted by molar-refractivity contribution is 6.00. The van der Waals surface area contributed by atoms with Gasteiger partial charge in [0.1, 0.15) is 6.29 Å². The fraction of sp³-hybridized carbons (Fsp3) is 0.500. The van der Waals surface area contributed by atoms with Crippen LogP contribution in [0.15, 0.2) is 18.2 Å². The van der Waals surface area contributed by atoms with Gasteiger partial charge in [-0.2, -0.15) is 0 Å². The second-order valence-electron chi connectivity index (χ2n) is 6.52. The number of amides is 2. The van der Waals surface area contributed by atoms with Crippen molar-refractivity contribution < 1.29 is 14.4 Å². The number of carbonyl (C=O) groups excluding carboxylic acids is 3. The highest BCUT2D eigenvalue weighted by Crippen LogP contribution is 2.33. The molecule has 1 aromatic carbocycles. The predicted molar refractivity (Wildman–Crippen MR) is 86.1 cm³/mol. The molecule has 0 aliphatic carbocycles. The summed E-state index contributed by atoms with van der Waals surface area (Å²) in [6.07, 6.45) is 2.88. The summed E-state index contributed by atoms with van der Waals surface area (Å²) in [7, 11) is 0. The van der Waals surface area contributed by atoms with E-state index in [2.05, 4.69) is 10.6 Å². The largest absolute Gasteiger partial charge is 0.316 e. The number of hydrogen-bond acceptors (Lipinski definition) is 4. The molecule has 0 saturated carbocycles. The molecular formula is C18H22N2O3. The van der Waals surface area contributed by atoms with E-state index in [1.165, 1.54) is 5.56 Å². The topological polar surface area (TPSA) is 75.3 Å². The number of piperidine rings is 2. The predicted octanol–water partition coefficient (Wildman–Crippen LogP) is 1.41. The summed E-state index contributed by atoms with van der Waals surface area (Å²) in [4.78, 5) is 34.6. The fourth-order valence-corrected chi connectivity index (χ4v) is 3.73. The molecule has 2 saturated heterocycles. The Morgan fingerprint density at radius 3 is 2.74 bits per heavy atom. The average molecular weight is 314 g/mol. The summed E-state index contributed by atoms with van der Waals surface area (Å²) in [5.41, 5.74) is 3.22. The van der Waals surface area contributed by atoms with Crippen molar-refractivity contribution in [3.05, 3.63) is 34.9 Å². The quantitative estimate of drug-likeness (QED) is 0.653. The highest BCUT2D eigenvalue weighted by atomic mass is 16.2. The van der Waals surface area contributed by atoms with E-state index in [4.69, 9.17) is 0 Å². The second kappa shape index (κ2) is 6.62. The zero-order chi connectivity index (χ0) is 16.4. The van der Waals surface area contributed by atoms with E-state index in [0.717, 1.165) is 36.9 Å². The van der Waals surface area contributed by atoms with Crippen molar-refractivity contribution in [1.29, 1.82) is 0 Å². The zero-order valence-electron chi connectivity index (χ0n) is 13.3. The van der Waals surface area contributed by atoms with Gasteiger partial charge in [-0.25, -0.2) is 0 Å². The van der Waals surface area contributed by atoms with Gasteiger partial charge in [-0.15, -0.1) is 0 Å². The van der Waals surface area contributed by atoms with Crippen LogP contribution in [0.5, 0.6) is 0 Å². The van der Waals surface area contributed by atoms with Crippen LogP contribution >= 0.6 is 0 Å². The Bertz CT molecular complexity index is 641. The molecule has 3 atom stereocenters. The van der Waals surface area contributed by atoms with Crippen LogP contribution in [0.3, 0.4) is 0 Å². The average Bonchev–Trinajstić information content (AvgIpc) is 2.55. The number of aryl methyl sites for hydroxylation is 1. The molecule has 0 spiro atoms. The van der Waals surface area contributed by atoms with Crippen molar-refractivity contribution in [2.24, 2.45) is 5.92 Å². The Morgan fingerprint density at radius 2 is 2.04 bits per heavy atom. The van der Waals surface area contributed by atoms with Gasteiger partial charge in [0.15, 0.2) is 0 Å². The lowest BCUT2D eigenvalue weighted by Crippen LogP contribution is -2.39. The van der Waals surface area contributed by atoms with Gasteiger partial charge < -0.3 is 10.1 Å². The first-order chi connectivity index (χ1) is 11.1. The molecule has 2 amide bonds. The Balaban J connectivity index is 1.84. The molecule has 122 valence electrons. The lowest BCUT2D eigenvalue weighted by molar-refractivity contribution is -0.134. The van der Waals surface area contributed by atoms with Gasteiger partial charge in [-0.3, -0.25) is 14.9 Å².